The summed E-state index contributed by atoms with van der Waals surface area (Å²) >= 11 is 0. The van der Waals surface area contributed by atoms with Crippen molar-refractivity contribution in [1.82, 2.24) is 24.8 Å². The van der Waals surface area contributed by atoms with Crippen molar-refractivity contribution in [2.75, 3.05) is 31.1 Å². The van der Waals surface area contributed by atoms with Crippen molar-refractivity contribution in [3.8, 4) is 16.9 Å². The van der Waals surface area contributed by atoms with E-state index in [1.54, 1.807) is 10.8 Å². The van der Waals surface area contributed by atoms with Gasteiger partial charge in [-0.3, -0.25) is 9.36 Å². The first kappa shape index (κ1) is 17.5. The molecule has 0 aliphatic carbocycles. The van der Waals surface area contributed by atoms with Gasteiger partial charge in [0.25, 0.3) is 5.56 Å². The van der Waals surface area contributed by atoms with Crippen LogP contribution in [0.4, 0.5) is 5.95 Å². The molecule has 7 heteroatoms. The molecule has 1 fully saturated rings. The van der Waals surface area contributed by atoms with Gasteiger partial charge in [0, 0.05) is 31.7 Å². The van der Waals surface area contributed by atoms with E-state index in [1.807, 2.05) is 60.7 Å². The SMILES string of the molecule is O=c1c(-c2ccccc2)nc2cnc(N3CCNCC3)nc2n1-c1ccccc1. The van der Waals surface area contributed by atoms with Gasteiger partial charge in [-0.1, -0.05) is 48.5 Å². The molecule has 2 aromatic heterocycles. The summed E-state index contributed by atoms with van der Waals surface area (Å²) in [5.74, 6) is 0.623. The summed E-state index contributed by atoms with van der Waals surface area (Å²) in [4.78, 5) is 29.5. The molecule has 1 N–H and O–H groups in total. The number of benzene rings is 2. The molecule has 144 valence electrons. The Morgan fingerprint density at radius 1 is 0.862 bits per heavy atom. The van der Waals surface area contributed by atoms with Crippen LogP contribution < -0.4 is 15.8 Å². The van der Waals surface area contributed by atoms with Gasteiger partial charge >= 0.3 is 0 Å². The normalized spacial score (nSPS) is 14.3. The van der Waals surface area contributed by atoms with Gasteiger partial charge in [-0.25, -0.2) is 9.97 Å². The quantitative estimate of drug-likeness (QED) is 0.584. The summed E-state index contributed by atoms with van der Waals surface area (Å²) in [5.41, 5.74) is 2.83. The third kappa shape index (κ3) is 3.25. The van der Waals surface area contributed by atoms with Crippen LogP contribution in [-0.2, 0) is 0 Å². The standard InChI is InChI=1S/C22H20N6O/c29-21-19(16-7-3-1-4-8-16)25-18-15-24-22(27-13-11-23-12-14-27)26-20(18)28(21)17-9-5-2-6-10-17/h1-10,15,23H,11-14H2. The smallest absolute Gasteiger partial charge is 0.283 e. The molecule has 1 aliphatic heterocycles. The minimum atomic E-state index is -0.195. The van der Waals surface area contributed by atoms with Crippen LogP contribution in [-0.4, -0.2) is 45.7 Å². The first-order chi connectivity index (χ1) is 14.3. The molecule has 4 aromatic rings. The van der Waals surface area contributed by atoms with Gasteiger partial charge in [-0.2, -0.15) is 4.98 Å². The van der Waals surface area contributed by atoms with Crippen LogP contribution in [0.3, 0.4) is 0 Å². The van der Waals surface area contributed by atoms with E-state index in [2.05, 4.69) is 20.2 Å². The van der Waals surface area contributed by atoms with E-state index < -0.39 is 0 Å². The summed E-state index contributed by atoms with van der Waals surface area (Å²) in [6.07, 6.45) is 1.71. The summed E-state index contributed by atoms with van der Waals surface area (Å²) in [6.45, 7) is 3.43. The first-order valence-electron chi connectivity index (χ1n) is 9.67. The number of fused-ring (bicyclic) bond motifs is 1. The average Bonchev–Trinajstić information content (AvgIpc) is 2.80. The van der Waals surface area contributed by atoms with Crippen LogP contribution in [0.25, 0.3) is 28.1 Å². The van der Waals surface area contributed by atoms with E-state index in [9.17, 15) is 4.79 Å². The van der Waals surface area contributed by atoms with Crippen molar-refractivity contribution in [3.63, 3.8) is 0 Å². The maximum Gasteiger partial charge on any atom is 0.283 e. The second kappa shape index (κ2) is 7.44. The van der Waals surface area contributed by atoms with Crippen molar-refractivity contribution >= 4 is 17.1 Å². The highest BCUT2D eigenvalue weighted by atomic mass is 16.1. The molecule has 1 saturated heterocycles. The van der Waals surface area contributed by atoms with Crippen molar-refractivity contribution in [2.24, 2.45) is 0 Å². The van der Waals surface area contributed by atoms with E-state index >= 15 is 0 Å². The van der Waals surface area contributed by atoms with E-state index in [0.717, 1.165) is 37.4 Å². The van der Waals surface area contributed by atoms with Crippen molar-refractivity contribution in [2.45, 2.75) is 0 Å². The number of para-hydroxylation sites is 1. The molecule has 0 saturated carbocycles. The van der Waals surface area contributed by atoms with E-state index in [1.165, 1.54) is 0 Å². The monoisotopic (exact) mass is 384 g/mol. The molecule has 0 unspecified atom stereocenters. The molecule has 1 aliphatic rings. The minimum Gasteiger partial charge on any atom is -0.338 e. The Kier molecular flexibility index (Phi) is 4.50. The molecular formula is C22H20N6O. The highest BCUT2D eigenvalue weighted by Crippen LogP contribution is 2.20. The van der Waals surface area contributed by atoms with E-state index in [0.29, 0.717) is 22.8 Å². The Labute approximate surface area is 167 Å². The summed E-state index contributed by atoms with van der Waals surface area (Å²) in [5, 5.41) is 3.33. The maximum atomic E-state index is 13.5. The average molecular weight is 384 g/mol. The fraction of sp³-hybridized carbons (Fsp3) is 0.182. The minimum absolute atomic E-state index is 0.195. The summed E-state index contributed by atoms with van der Waals surface area (Å²) in [7, 11) is 0. The van der Waals surface area contributed by atoms with Gasteiger partial charge in [0.15, 0.2) is 5.65 Å². The van der Waals surface area contributed by atoms with Crippen LogP contribution >= 0.6 is 0 Å². The first-order valence-corrected chi connectivity index (χ1v) is 9.67. The van der Waals surface area contributed by atoms with Crippen LogP contribution in [0.2, 0.25) is 0 Å². The number of hydrogen-bond donors (Lipinski definition) is 1. The molecule has 0 radical (unpaired) electrons. The number of aromatic nitrogens is 4. The predicted molar refractivity (Wildman–Crippen MR) is 113 cm³/mol. The van der Waals surface area contributed by atoms with Gasteiger partial charge in [-0.15, -0.1) is 0 Å². The number of hydrogen-bond acceptors (Lipinski definition) is 6. The molecule has 2 aromatic carbocycles. The Morgan fingerprint density at radius 2 is 1.55 bits per heavy atom. The molecule has 5 rings (SSSR count). The lowest BCUT2D eigenvalue weighted by molar-refractivity contribution is 0.580. The number of nitrogens with zero attached hydrogens (tertiary/aromatic N) is 5. The molecule has 3 heterocycles. The Morgan fingerprint density at radius 3 is 2.28 bits per heavy atom. The second-order valence-corrected chi connectivity index (χ2v) is 6.92. The van der Waals surface area contributed by atoms with Crippen molar-refractivity contribution in [1.29, 1.82) is 0 Å². The highest BCUT2D eigenvalue weighted by molar-refractivity contribution is 5.76. The van der Waals surface area contributed by atoms with E-state index in [-0.39, 0.29) is 5.56 Å². The van der Waals surface area contributed by atoms with Gasteiger partial charge in [0.2, 0.25) is 5.95 Å². The van der Waals surface area contributed by atoms with Gasteiger partial charge in [0.1, 0.15) is 11.2 Å². The summed E-state index contributed by atoms with van der Waals surface area (Å²) in [6, 6.07) is 19.1. The highest BCUT2D eigenvalue weighted by Gasteiger charge is 2.19. The molecular weight excluding hydrogens is 364 g/mol. The fourth-order valence-corrected chi connectivity index (χ4v) is 3.59. The third-order valence-corrected chi connectivity index (χ3v) is 5.05. The number of nitrogens with one attached hydrogen (secondary N) is 1. The number of anilines is 1. The second-order valence-electron chi connectivity index (χ2n) is 6.92. The lowest BCUT2D eigenvalue weighted by atomic mass is 10.1. The zero-order valence-corrected chi connectivity index (χ0v) is 15.8. The number of rotatable bonds is 3. The lowest BCUT2D eigenvalue weighted by Gasteiger charge is -2.27. The summed E-state index contributed by atoms with van der Waals surface area (Å²) < 4.78 is 1.64. The van der Waals surface area contributed by atoms with Gasteiger partial charge < -0.3 is 10.2 Å². The van der Waals surface area contributed by atoms with Crippen molar-refractivity contribution < 1.29 is 0 Å². The predicted octanol–water partition coefficient (Wildman–Crippen LogP) is 2.25. The molecule has 0 spiro atoms. The van der Waals surface area contributed by atoms with Gasteiger partial charge in [0.05, 0.1) is 11.9 Å². The van der Waals surface area contributed by atoms with E-state index in [4.69, 9.17) is 4.98 Å². The Bertz CT molecular complexity index is 1200. The van der Waals surface area contributed by atoms with Crippen LogP contribution in [0.1, 0.15) is 0 Å². The molecule has 0 amide bonds. The molecule has 0 bridgehead atoms. The Balaban J connectivity index is 1.77. The molecule has 7 nitrogen and oxygen atoms in total. The zero-order valence-electron chi connectivity index (χ0n) is 15.8. The molecule has 29 heavy (non-hydrogen) atoms. The molecule has 0 atom stereocenters. The lowest BCUT2D eigenvalue weighted by Crippen LogP contribution is -2.44. The largest absolute Gasteiger partial charge is 0.338 e. The van der Waals surface area contributed by atoms with Crippen LogP contribution in [0, 0.1) is 0 Å². The van der Waals surface area contributed by atoms with Gasteiger partial charge in [-0.05, 0) is 12.1 Å². The topological polar surface area (TPSA) is 75.9 Å². The van der Waals surface area contributed by atoms with Crippen LogP contribution in [0.5, 0.6) is 0 Å². The Hall–Kier alpha value is -3.58. The number of piperazine rings is 1. The van der Waals surface area contributed by atoms with Crippen molar-refractivity contribution in [3.05, 3.63) is 77.2 Å². The third-order valence-electron chi connectivity index (χ3n) is 5.05. The fourth-order valence-electron chi connectivity index (χ4n) is 3.59. The van der Waals surface area contributed by atoms with Crippen LogP contribution in [0.15, 0.2) is 71.7 Å². The maximum absolute atomic E-state index is 13.5. The zero-order chi connectivity index (χ0) is 19.6.